The van der Waals surface area contributed by atoms with Gasteiger partial charge in [0.25, 0.3) is 0 Å². The Balaban J connectivity index is 1.72. The molecule has 2 aliphatic rings. The number of halogens is 1. The van der Waals surface area contributed by atoms with Crippen molar-refractivity contribution in [3.05, 3.63) is 48.1 Å². The van der Waals surface area contributed by atoms with Gasteiger partial charge >= 0.3 is 0 Å². The number of nitrogens with zero attached hydrogens (tertiary/aromatic N) is 3. The van der Waals surface area contributed by atoms with Crippen molar-refractivity contribution in [2.45, 2.75) is 51.2 Å². The van der Waals surface area contributed by atoms with Gasteiger partial charge in [-0.25, -0.2) is 4.39 Å². The van der Waals surface area contributed by atoms with E-state index in [2.05, 4.69) is 0 Å². The van der Waals surface area contributed by atoms with Gasteiger partial charge in [0.15, 0.2) is 0 Å². The van der Waals surface area contributed by atoms with Crippen molar-refractivity contribution in [1.82, 2.24) is 9.78 Å². The van der Waals surface area contributed by atoms with Crippen molar-refractivity contribution in [2.24, 2.45) is 5.92 Å². The smallest absolute Gasteiger partial charge is 0.123 e. The average Bonchev–Trinajstić information content (AvgIpc) is 3.09. The predicted octanol–water partition coefficient (Wildman–Crippen LogP) is 4.38. The zero-order chi connectivity index (χ0) is 19.9. The van der Waals surface area contributed by atoms with E-state index in [9.17, 15) is 14.3 Å². The zero-order valence-electron chi connectivity index (χ0n) is 16.3. The van der Waals surface area contributed by atoms with E-state index in [1.807, 2.05) is 34.1 Å². The van der Waals surface area contributed by atoms with Crippen molar-refractivity contribution in [2.75, 3.05) is 11.4 Å². The fourth-order valence-corrected chi connectivity index (χ4v) is 4.18. The summed E-state index contributed by atoms with van der Waals surface area (Å²) >= 11 is 0. The molecule has 1 aromatic carbocycles. The molecule has 4 rings (SSSR count). The largest absolute Gasteiger partial charge is 0.386 e. The number of aldehydes is 1. The summed E-state index contributed by atoms with van der Waals surface area (Å²) in [6, 6.07) is 4.17. The lowest BCUT2D eigenvalue weighted by Gasteiger charge is -2.29. The Morgan fingerprint density at radius 3 is 2.64 bits per heavy atom. The highest BCUT2D eigenvalue weighted by Gasteiger charge is 2.27. The van der Waals surface area contributed by atoms with Gasteiger partial charge in [0.05, 0.1) is 23.7 Å². The number of benzene rings is 1. The van der Waals surface area contributed by atoms with Gasteiger partial charge in [-0.2, -0.15) is 5.10 Å². The molecule has 0 radical (unpaired) electrons. The Bertz CT molecular complexity index is 947. The summed E-state index contributed by atoms with van der Waals surface area (Å²) in [6.07, 6.45) is 11.7. The van der Waals surface area contributed by atoms with Crippen LogP contribution in [-0.4, -0.2) is 27.7 Å². The third kappa shape index (κ3) is 3.61. The number of carbonyl (C=O) groups excluding carboxylic acids is 1. The molecule has 1 saturated carbocycles. The van der Waals surface area contributed by atoms with E-state index in [1.165, 1.54) is 6.08 Å². The standard InChI is InChI=1S/C22H26FN3O2/c1-22(2,28)19-11-20-16(10-21(19)25-9-3-4-17(23)13-25)12-26(24-20)18-7-5-15(14-27)6-8-18/h3-4,9-12,14-15,18,28H,5-8,13H2,1-2H3. The number of carbonyl (C=O) groups is 1. The molecular formula is C22H26FN3O2. The molecule has 6 heteroatoms. The van der Waals surface area contributed by atoms with Crippen molar-refractivity contribution < 1.29 is 14.3 Å². The molecule has 1 N–H and O–H groups in total. The molecule has 0 saturated heterocycles. The first-order chi connectivity index (χ1) is 13.3. The van der Waals surface area contributed by atoms with Gasteiger partial charge in [0.1, 0.15) is 12.1 Å². The maximum absolute atomic E-state index is 13.8. The first kappa shape index (κ1) is 18.9. The van der Waals surface area contributed by atoms with E-state index in [1.54, 1.807) is 19.9 Å². The van der Waals surface area contributed by atoms with E-state index < -0.39 is 5.60 Å². The molecule has 1 aliphatic heterocycles. The summed E-state index contributed by atoms with van der Waals surface area (Å²) in [5, 5.41) is 16.4. The minimum Gasteiger partial charge on any atom is -0.386 e. The molecule has 0 spiro atoms. The zero-order valence-corrected chi connectivity index (χ0v) is 16.3. The fraction of sp³-hybridized carbons (Fsp3) is 0.455. The first-order valence-electron chi connectivity index (χ1n) is 9.85. The number of anilines is 1. The van der Waals surface area contributed by atoms with Crippen molar-refractivity contribution in [3.63, 3.8) is 0 Å². The summed E-state index contributed by atoms with van der Waals surface area (Å²) in [4.78, 5) is 12.8. The van der Waals surface area contributed by atoms with Crippen molar-refractivity contribution in [3.8, 4) is 0 Å². The summed E-state index contributed by atoms with van der Waals surface area (Å²) in [5.41, 5.74) is 1.23. The van der Waals surface area contributed by atoms with Crippen LogP contribution in [0, 0.1) is 5.92 Å². The molecule has 148 valence electrons. The fourth-order valence-electron chi connectivity index (χ4n) is 4.18. The number of aliphatic hydroxyl groups is 1. The monoisotopic (exact) mass is 383 g/mol. The van der Waals surface area contributed by atoms with E-state index in [4.69, 9.17) is 5.10 Å². The minimum atomic E-state index is -1.08. The van der Waals surface area contributed by atoms with Crippen LogP contribution in [0.15, 0.2) is 42.5 Å². The van der Waals surface area contributed by atoms with Crippen LogP contribution in [0.25, 0.3) is 10.9 Å². The Labute approximate surface area is 164 Å². The van der Waals surface area contributed by atoms with E-state index in [0.717, 1.165) is 48.6 Å². The Morgan fingerprint density at radius 2 is 2.00 bits per heavy atom. The molecular weight excluding hydrogens is 357 g/mol. The summed E-state index contributed by atoms with van der Waals surface area (Å²) in [6.45, 7) is 3.61. The maximum atomic E-state index is 13.8. The quantitative estimate of drug-likeness (QED) is 0.796. The lowest BCUT2D eigenvalue weighted by atomic mass is 9.87. The second kappa shape index (κ2) is 7.17. The topological polar surface area (TPSA) is 58.4 Å². The lowest BCUT2D eigenvalue weighted by molar-refractivity contribution is -0.112. The number of aromatic nitrogens is 2. The molecule has 1 aromatic heterocycles. The highest BCUT2D eigenvalue weighted by molar-refractivity contribution is 5.85. The van der Waals surface area contributed by atoms with E-state index >= 15 is 0 Å². The van der Waals surface area contributed by atoms with Gasteiger partial charge in [0.2, 0.25) is 0 Å². The summed E-state index contributed by atoms with van der Waals surface area (Å²) in [7, 11) is 0. The number of rotatable bonds is 4. The van der Waals surface area contributed by atoms with Gasteiger partial charge in [-0.15, -0.1) is 0 Å². The molecule has 5 nitrogen and oxygen atoms in total. The summed E-state index contributed by atoms with van der Waals surface area (Å²) < 4.78 is 15.8. The van der Waals surface area contributed by atoms with Crippen LogP contribution in [0.5, 0.6) is 0 Å². The molecule has 0 amide bonds. The Morgan fingerprint density at radius 1 is 1.25 bits per heavy atom. The Kier molecular flexibility index (Phi) is 4.83. The van der Waals surface area contributed by atoms with E-state index in [-0.39, 0.29) is 24.3 Å². The normalized spacial score (nSPS) is 23.1. The second-order valence-corrected chi connectivity index (χ2v) is 8.38. The van der Waals surface area contributed by atoms with Gasteiger partial charge in [0, 0.05) is 35.0 Å². The molecule has 2 aromatic rings. The SMILES string of the molecule is CC(C)(O)c1cc2nn(C3CCC(C=O)CC3)cc2cc1N1C=CC=C(F)C1. The van der Waals surface area contributed by atoms with Crippen molar-refractivity contribution >= 4 is 22.9 Å². The van der Waals surface area contributed by atoms with Crippen LogP contribution in [0.1, 0.15) is 51.1 Å². The van der Waals surface area contributed by atoms with Gasteiger partial charge in [-0.1, -0.05) is 0 Å². The van der Waals surface area contributed by atoms with Crippen LogP contribution in [0.2, 0.25) is 0 Å². The molecule has 0 atom stereocenters. The highest BCUT2D eigenvalue weighted by Crippen LogP contribution is 2.37. The molecule has 28 heavy (non-hydrogen) atoms. The maximum Gasteiger partial charge on any atom is 0.123 e. The summed E-state index contributed by atoms with van der Waals surface area (Å²) in [5.74, 6) is -0.0459. The van der Waals surface area contributed by atoms with Crippen LogP contribution in [0.3, 0.4) is 0 Å². The van der Waals surface area contributed by atoms with Crippen LogP contribution >= 0.6 is 0 Å². The van der Waals surface area contributed by atoms with Gasteiger partial charge in [-0.3, -0.25) is 4.68 Å². The molecule has 0 unspecified atom stereocenters. The third-order valence-electron chi connectivity index (χ3n) is 5.78. The van der Waals surface area contributed by atoms with Gasteiger partial charge < -0.3 is 14.8 Å². The Hall–Kier alpha value is -2.47. The number of hydrogen-bond acceptors (Lipinski definition) is 4. The number of hydrogen-bond donors (Lipinski definition) is 1. The first-order valence-corrected chi connectivity index (χ1v) is 9.85. The highest BCUT2D eigenvalue weighted by atomic mass is 19.1. The number of allylic oxidation sites excluding steroid dienone is 2. The lowest BCUT2D eigenvalue weighted by Crippen LogP contribution is -2.25. The van der Waals surface area contributed by atoms with Crippen LogP contribution in [-0.2, 0) is 10.4 Å². The van der Waals surface area contributed by atoms with Gasteiger partial charge in [-0.05, 0) is 63.8 Å². The van der Waals surface area contributed by atoms with E-state index in [0.29, 0.717) is 5.56 Å². The van der Waals surface area contributed by atoms with Crippen LogP contribution < -0.4 is 4.90 Å². The average molecular weight is 383 g/mol. The molecule has 2 heterocycles. The minimum absolute atomic E-state index is 0.148. The number of fused-ring (bicyclic) bond motifs is 1. The van der Waals surface area contributed by atoms with Crippen LogP contribution in [0.4, 0.5) is 10.1 Å². The predicted molar refractivity (Wildman–Crippen MR) is 108 cm³/mol. The molecule has 0 bridgehead atoms. The molecule has 1 aliphatic carbocycles. The second-order valence-electron chi connectivity index (χ2n) is 8.38. The molecule has 1 fully saturated rings. The third-order valence-corrected chi connectivity index (χ3v) is 5.78. The van der Waals surface area contributed by atoms with Crippen molar-refractivity contribution in [1.29, 1.82) is 0 Å².